The number of hydrogen-bond acceptors (Lipinski definition) is 4. The summed E-state index contributed by atoms with van der Waals surface area (Å²) in [5, 5.41) is 6.93. The number of likely N-dealkylation sites (N-methyl/N-ethyl adjacent to an activating group) is 1. The SMILES string of the molecule is CCCCCOc1cc(C)ccc1CNC(=NC)NCC(C)N1CCN(C)CC1. The molecule has 0 radical (unpaired) electrons. The molecule has 1 aromatic rings. The lowest BCUT2D eigenvalue weighted by Crippen LogP contribution is -2.52. The monoisotopic (exact) mass is 403 g/mol. The van der Waals surface area contributed by atoms with Crippen molar-refractivity contribution in [1.29, 1.82) is 0 Å². The minimum Gasteiger partial charge on any atom is -0.493 e. The van der Waals surface area contributed by atoms with Crippen LogP contribution >= 0.6 is 0 Å². The van der Waals surface area contributed by atoms with Crippen LogP contribution in [0.1, 0.15) is 44.2 Å². The standard InChI is InChI=1S/C23H41N5O/c1-6-7-8-15-29-22-16-19(2)9-10-21(22)18-26-23(24-4)25-17-20(3)28-13-11-27(5)12-14-28/h9-10,16,20H,6-8,11-15,17-18H2,1-5H3,(H2,24,25,26). The van der Waals surface area contributed by atoms with Crippen molar-refractivity contribution in [2.24, 2.45) is 4.99 Å². The molecule has 164 valence electrons. The number of ether oxygens (including phenoxy) is 1. The molecule has 0 aromatic heterocycles. The van der Waals surface area contributed by atoms with Crippen molar-refractivity contribution >= 4 is 5.96 Å². The fraction of sp³-hybridized carbons (Fsp3) is 0.696. The number of unbranched alkanes of at least 4 members (excludes halogenated alkanes) is 2. The Morgan fingerprint density at radius 2 is 1.93 bits per heavy atom. The van der Waals surface area contributed by atoms with Crippen molar-refractivity contribution in [1.82, 2.24) is 20.4 Å². The third-order valence-corrected chi connectivity index (χ3v) is 5.62. The lowest BCUT2D eigenvalue weighted by molar-refractivity contribution is 0.120. The van der Waals surface area contributed by atoms with Crippen molar-refractivity contribution in [3.63, 3.8) is 0 Å². The van der Waals surface area contributed by atoms with Gasteiger partial charge in [-0.05, 0) is 38.9 Å². The molecule has 1 aliphatic rings. The molecule has 2 rings (SSSR count). The van der Waals surface area contributed by atoms with Gasteiger partial charge in [0.05, 0.1) is 6.61 Å². The molecule has 1 unspecified atom stereocenters. The first-order valence-corrected chi connectivity index (χ1v) is 11.1. The van der Waals surface area contributed by atoms with Crippen LogP contribution in [-0.2, 0) is 6.54 Å². The average molecular weight is 404 g/mol. The normalized spacial score (nSPS) is 17.2. The summed E-state index contributed by atoms with van der Waals surface area (Å²) < 4.78 is 6.06. The van der Waals surface area contributed by atoms with E-state index in [4.69, 9.17) is 4.74 Å². The van der Waals surface area contributed by atoms with E-state index in [-0.39, 0.29) is 0 Å². The van der Waals surface area contributed by atoms with Gasteiger partial charge < -0.3 is 20.3 Å². The number of benzene rings is 1. The van der Waals surface area contributed by atoms with E-state index in [1.165, 1.54) is 24.0 Å². The predicted octanol–water partition coefficient (Wildman–Crippen LogP) is 2.86. The van der Waals surface area contributed by atoms with Gasteiger partial charge in [0, 0.05) is 57.9 Å². The fourth-order valence-corrected chi connectivity index (χ4v) is 3.51. The third kappa shape index (κ3) is 8.23. The van der Waals surface area contributed by atoms with E-state index >= 15 is 0 Å². The molecular formula is C23H41N5O. The quantitative estimate of drug-likeness (QED) is 0.357. The van der Waals surface area contributed by atoms with Gasteiger partial charge in [0.1, 0.15) is 5.75 Å². The van der Waals surface area contributed by atoms with Crippen molar-refractivity contribution < 1.29 is 4.74 Å². The Morgan fingerprint density at radius 3 is 2.62 bits per heavy atom. The Labute approximate surface area is 177 Å². The minimum atomic E-state index is 0.485. The van der Waals surface area contributed by atoms with Crippen LogP contribution in [0, 0.1) is 6.92 Å². The molecule has 0 saturated carbocycles. The first kappa shape index (κ1) is 23.5. The van der Waals surface area contributed by atoms with Crippen LogP contribution in [-0.4, -0.2) is 75.2 Å². The van der Waals surface area contributed by atoms with Gasteiger partial charge in [-0.2, -0.15) is 0 Å². The summed E-state index contributed by atoms with van der Waals surface area (Å²) in [4.78, 5) is 9.33. The minimum absolute atomic E-state index is 0.485. The molecule has 1 saturated heterocycles. The van der Waals surface area contributed by atoms with Crippen molar-refractivity contribution in [3.8, 4) is 5.75 Å². The molecular weight excluding hydrogens is 362 g/mol. The van der Waals surface area contributed by atoms with Crippen LogP contribution < -0.4 is 15.4 Å². The number of piperazine rings is 1. The van der Waals surface area contributed by atoms with Crippen LogP contribution in [0.15, 0.2) is 23.2 Å². The number of nitrogens with zero attached hydrogens (tertiary/aromatic N) is 3. The van der Waals surface area contributed by atoms with Gasteiger partial charge in [0.15, 0.2) is 5.96 Å². The molecule has 0 aliphatic carbocycles. The lowest BCUT2D eigenvalue weighted by atomic mass is 10.1. The summed E-state index contributed by atoms with van der Waals surface area (Å²) in [6.07, 6.45) is 3.52. The first-order chi connectivity index (χ1) is 14.0. The van der Waals surface area contributed by atoms with Crippen LogP contribution in [0.2, 0.25) is 0 Å². The second-order valence-corrected chi connectivity index (χ2v) is 8.16. The summed E-state index contributed by atoms with van der Waals surface area (Å²) in [5.41, 5.74) is 2.39. The van der Waals surface area contributed by atoms with E-state index in [0.29, 0.717) is 12.6 Å². The van der Waals surface area contributed by atoms with Gasteiger partial charge in [-0.3, -0.25) is 9.89 Å². The molecule has 0 amide bonds. The molecule has 0 bridgehead atoms. The smallest absolute Gasteiger partial charge is 0.191 e. The Morgan fingerprint density at radius 1 is 1.17 bits per heavy atom. The number of aryl methyl sites for hydroxylation is 1. The predicted molar refractivity (Wildman–Crippen MR) is 123 cm³/mol. The molecule has 0 spiro atoms. The Bertz CT molecular complexity index is 626. The van der Waals surface area contributed by atoms with Gasteiger partial charge in [-0.15, -0.1) is 0 Å². The zero-order valence-electron chi connectivity index (χ0n) is 19.1. The Kier molecular flexibility index (Phi) is 10.3. The maximum absolute atomic E-state index is 6.06. The molecule has 1 fully saturated rings. The topological polar surface area (TPSA) is 52.1 Å². The highest BCUT2D eigenvalue weighted by Gasteiger charge is 2.19. The molecule has 1 atom stereocenters. The highest BCUT2D eigenvalue weighted by atomic mass is 16.5. The van der Waals surface area contributed by atoms with Crippen LogP contribution in [0.3, 0.4) is 0 Å². The van der Waals surface area contributed by atoms with Gasteiger partial charge in [0.2, 0.25) is 0 Å². The van der Waals surface area contributed by atoms with Crippen molar-refractivity contribution in [2.45, 2.75) is 52.6 Å². The molecule has 29 heavy (non-hydrogen) atoms. The van der Waals surface area contributed by atoms with Crippen LogP contribution in [0.5, 0.6) is 5.75 Å². The van der Waals surface area contributed by atoms with E-state index in [9.17, 15) is 0 Å². The highest BCUT2D eigenvalue weighted by Crippen LogP contribution is 2.20. The van der Waals surface area contributed by atoms with Gasteiger partial charge in [-0.25, -0.2) is 0 Å². The molecule has 6 nitrogen and oxygen atoms in total. The lowest BCUT2D eigenvalue weighted by Gasteiger charge is -2.36. The second kappa shape index (κ2) is 12.7. The number of nitrogens with one attached hydrogen (secondary N) is 2. The van der Waals surface area contributed by atoms with Crippen LogP contribution in [0.4, 0.5) is 0 Å². The number of aliphatic imine (C=N–C) groups is 1. The number of hydrogen-bond donors (Lipinski definition) is 2. The van der Waals surface area contributed by atoms with Gasteiger partial charge >= 0.3 is 0 Å². The van der Waals surface area contributed by atoms with Gasteiger partial charge in [-0.1, -0.05) is 31.9 Å². The van der Waals surface area contributed by atoms with Crippen LogP contribution in [0.25, 0.3) is 0 Å². The molecule has 1 aliphatic heterocycles. The Hall–Kier alpha value is -1.79. The maximum atomic E-state index is 6.06. The molecule has 6 heteroatoms. The number of guanidine groups is 1. The van der Waals surface area contributed by atoms with E-state index in [0.717, 1.165) is 57.5 Å². The van der Waals surface area contributed by atoms with E-state index < -0.39 is 0 Å². The summed E-state index contributed by atoms with van der Waals surface area (Å²) >= 11 is 0. The number of rotatable bonds is 10. The van der Waals surface area contributed by atoms with E-state index in [1.54, 1.807) is 0 Å². The molecule has 1 heterocycles. The zero-order valence-corrected chi connectivity index (χ0v) is 19.1. The first-order valence-electron chi connectivity index (χ1n) is 11.1. The highest BCUT2D eigenvalue weighted by molar-refractivity contribution is 5.79. The summed E-state index contributed by atoms with van der Waals surface area (Å²) in [6, 6.07) is 6.91. The molecule has 1 aromatic carbocycles. The zero-order chi connectivity index (χ0) is 21.1. The second-order valence-electron chi connectivity index (χ2n) is 8.16. The third-order valence-electron chi connectivity index (χ3n) is 5.62. The summed E-state index contributed by atoms with van der Waals surface area (Å²) in [6.45, 7) is 13.5. The Balaban J connectivity index is 1.82. The largest absolute Gasteiger partial charge is 0.493 e. The summed E-state index contributed by atoms with van der Waals surface area (Å²) in [5.74, 6) is 1.82. The fourth-order valence-electron chi connectivity index (χ4n) is 3.51. The summed E-state index contributed by atoms with van der Waals surface area (Å²) in [7, 11) is 4.02. The average Bonchev–Trinajstić information content (AvgIpc) is 2.72. The van der Waals surface area contributed by atoms with E-state index in [1.807, 2.05) is 7.05 Å². The van der Waals surface area contributed by atoms with Gasteiger partial charge in [0.25, 0.3) is 0 Å². The van der Waals surface area contributed by atoms with Crippen molar-refractivity contribution in [2.75, 3.05) is 53.4 Å². The maximum Gasteiger partial charge on any atom is 0.191 e. The van der Waals surface area contributed by atoms with E-state index in [2.05, 4.69) is 71.4 Å². The molecule has 2 N–H and O–H groups in total. The van der Waals surface area contributed by atoms with Crippen molar-refractivity contribution in [3.05, 3.63) is 29.3 Å².